The van der Waals surface area contributed by atoms with Gasteiger partial charge in [-0.2, -0.15) is 0 Å². The molecule has 4 nitrogen and oxygen atoms in total. The van der Waals surface area contributed by atoms with Crippen LogP contribution in [0.3, 0.4) is 0 Å². The molecule has 0 aliphatic rings. The third-order valence-electron chi connectivity index (χ3n) is 2.44. The third-order valence-corrected chi connectivity index (χ3v) is 3.10. The maximum Gasteiger partial charge on any atom is 0.411 e. The Morgan fingerprint density at radius 3 is 2.84 bits per heavy atom. The van der Waals surface area contributed by atoms with E-state index >= 15 is 0 Å². The molecule has 0 saturated carbocycles. The van der Waals surface area contributed by atoms with Crippen molar-refractivity contribution < 1.29 is 9.53 Å². The highest BCUT2D eigenvalue weighted by molar-refractivity contribution is 9.10. The van der Waals surface area contributed by atoms with Crippen LogP contribution in [0.5, 0.6) is 0 Å². The molecule has 98 valence electrons. The maximum absolute atomic E-state index is 11.4. The van der Waals surface area contributed by atoms with Gasteiger partial charge in [0.1, 0.15) is 0 Å². The topological polar surface area (TPSA) is 51.2 Å². The SMILES string of the molecule is CCOC(=O)Nc1ccc(-c2ccccn2)cc1Br. The van der Waals surface area contributed by atoms with Crippen molar-refractivity contribution in [3.63, 3.8) is 0 Å². The molecule has 2 rings (SSSR count). The number of benzene rings is 1. The first kappa shape index (κ1) is 13.5. The highest BCUT2D eigenvalue weighted by Gasteiger charge is 2.07. The van der Waals surface area contributed by atoms with Gasteiger partial charge in [-0.25, -0.2) is 4.79 Å². The normalized spacial score (nSPS) is 10.0. The lowest BCUT2D eigenvalue weighted by atomic mass is 10.1. The van der Waals surface area contributed by atoms with Crippen molar-refractivity contribution >= 4 is 27.7 Å². The van der Waals surface area contributed by atoms with Gasteiger partial charge in [0.25, 0.3) is 0 Å². The number of nitrogens with zero attached hydrogens (tertiary/aromatic N) is 1. The van der Waals surface area contributed by atoms with Crippen LogP contribution in [0.15, 0.2) is 47.1 Å². The molecule has 1 amide bonds. The van der Waals surface area contributed by atoms with E-state index in [0.29, 0.717) is 12.3 Å². The molecule has 5 heteroatoms. The zero-order chi connectivity index (χ0) is 13.7. The lowest BCUT2D eigenvalue weighted by Crippen LogP contribution is -2.13. The number of hydrogen-bond donors (Lipinski definition) is 1. The molecule has 0 spiro atoms. The zero-order valence-electron chi connectivity index (χ0n) is 10.4. The molecule has 0 radical (unpaired) electrons. The number of ether oxygens (including phenoxy) is 1. The summed E-state index contributed by atoms with van der Waals surface area (Å²) in [6.45, 7) is 2.11. The fraction of sp³-hybridized carbons (Fsp3) is 0.143. The van der Waals surface area contributed by atoms with Gasteiger partial charge in [-0.05, 0) is 47.1 Å². The Morgan fingerprint density at radius 2 is 2.21 bits per heavy atom. The number of anilines is 1. The molecule has 1 N–H and O–H groups in total. The first-order chi connectivity index (χ1) is 9.20. The van der Waals surface area contributed by atoms with E-state index in [-0.39, 0.29) is 0 Å². The minimum absolute atomic E-state index is 0.343. The summed E-state index contributed by atoms with van der Waals surface area (Å²) in [5.41, 5.74) is 2.52. The van der Waals surface area contributed by atoms with Crippen LogP contribution >= 0.6 is 15.9 Å². The van der Waals surface area contributed by atoms with Gasteiger partial charge in [0, 0.05) is 16.2 Å². The predicted molar refractivity (Wildman–Crippen MR) is 78.0 cm³/mol. The smallest absolute Gasteiger partial charge is 0.411 e. The minimum Gasteiger partial charge on any atom is -0.450 e. The van der Waals surface area contributed by atoms with Gasteiger partial charge in [-0.3, -0.25) is 10.3 Å². The molecule has 0 fully saturated rings. The monoisotopic (exact) mass is 320 g/mol. The quantitative estimate of drug-likeness (QED) is 0.927. The number of aromatic nitrogens is 1. The number of halogens is 1. The molecule has 0 bridgehead atoms. The molecular weight excluding hydrogens is 308 g/mol. The van der Waals surface area contributed by atoms with Crippen molar-refractivity contribution in [3.05, 3.63) is 47.1 Å². The van der Waals surface area contributed by atoms with E-state index in [2.05, 4.69) is 26.2 Å². The summed E-state index contributed by atoms with van der Waals surface area (Å²) in [7, 11) is 0. The number of hydrogen-bond acceptors (Lipinski definition) is 3. The third kappa shape index (κ3) is 3.54. The average Bonchev–Trinajstić information content (AvgIpc) is 2.42. The summed E-state index contributed by atoms with van der Waals surface area (Å²) >= 11 is 3.43. The van der Waals surface area contributed by atoms with E-state index in [0.717, 1.165) is 15.7 Å². The second kappa shape index (κ2) is 6.33. The van der Waals surface area contributed by atoms with Crippen LogP contribution < -0.4 is 5.32 Å². The Bertz CT molecular complexity index is 573. The molecule has 1 heterocycles. The number of carbonyl (C=O) groups excluding carboxylic acids is 1. The summed E-state index contributed by atoms with van der Waals surface area (Å²) in [5.74, 6) is 0. The van der Waals surface area contributed by atoms with Gasteiger partial charge >= 0.3 is 6.09 Å². The van der Waals surface area contributed by atoms with Crippen molar-refractivity contribution in [3.8, 4) is 11.3 Å². The van der Waals surface area contributed by atoms with E-state index in [4.69, 9.17) is 4.74 Å². The number of rotatable bonds is 3. The summed E-state index contributed by atoms with van der Waals surface area (Å²) < 4.78 is 5.61. The van der Waals surface area contributed by atoms with E-state index < -0.39 is 6.09 Å². The first-order valence-corrected chi connectivity index (χ1v) is 6.64. The summed E-state index contributed by atoms with van der Waals surface area (Å²) in [6, 6.07) is 11.3. The van der Waals surface area contributed by atoms with Crippen molar-refractivity contribution in [2.45, 2.75) is 6.92 Å². The Morgan fingerprint density at radius 1 is 1.37 bits per heavy atom. The van der Waals surface area contributed by atoms with Gasteiger partial charge in [-0.1, -0.05) is 12.1 Å². The van der Waals surface area contributed by atoms with Crippen LogP contribution in [0, 0.1) is 0 Å². The molecule has 0 saturated heterocycles. The molecule has 19 heavy (non-hydrogen) atoms. The van der Waals surface area contributed by atoms with Crippen LogP contribution in [0.1, 0.15) is 6.92 Å². The Balaban J connectivity index is 2.20. The molecule has 0 atom stereocenters. The van der Waals surface area contributed by atoms with Crippen molar-refractivity contribution in [1.29, 1.82) is 0 Å². The Kier molecular flexibility index (Phi) is 4.52. The molecule has 0 aliphatic heterocycles. The van der Waals surface area contributed by atoms with Gasteiger partial charge in [0.15, 0.2) is 0 Å². The van der Waals surface area contributed by atoms with Gasteiger partial charge < -0.3 is 4.74 Å². The molecule has 1 aromatic carbocycles. The molecule has 0 aliphatic carbocycles. The zero-order valence-corrected chi connectivity index (χ0v) is 12.0. The summed E-state index contributed by atoms with van der Waals surface area (Å²) in [4.78, 5) is 15.6. The highest BCUT2D eigenvalue weighted by atomic mass is 79.9. The maximum atomic E-state index is 11.4. The largest absolute Gasteiger partial charge is 0.450 e. The molecule has 1 aromatic heterocycles. The number of amides is 1. The second-order valence-corrected chi connectivity index (χ2v) is 4.61. The van der Waals surface area contributed by atoms with Gasteiger partial charge in [-0.15, -0.1) is 0 Å². The van der Waals surface area contributed by atoms with Crippen LogP contribution in [-0.2, 0) is 4.74 Å². The van der Waals surface area contributed by atoms with Crippen LogP contribution in [0.4, 0.5) is 10.5 Å². The van der Waals surface area contributed by atoms with E-state index in [9.17, 15) is 4.79 Å². The predicted octanol–water partition coefficient (Wildman–Crippen LogP) is 4.08. The summed E-state index contributed by atoms with van der Waals surface area (Å²) in [6.07, 6.45) is 1.28. The van der Waals surface area contributed by atoms with Crippen molar-refractivity contribution in [2.24, 2.45) is 0 Å². The molecule has 0 unspecified atom stereocenters. The van der Waals surface area contributed by atoms with E-state index in [1.165, 1.54) is 0 Å². The Hall–Kier alpha value is -1.88. The lowest BCUT2D eigenvalue weighted by Gasteiger charge is -2.09. The van der Waals surface area contributed by atoms with Crippen LogP contribution in [0.25, 0.3) is 11.3 Å². The number of nitrogens with one attached hydrogen (secondary N) is 1. The van der Waals surface area contributed by atoms with Crippen molar-refractivity contribution in [2.75, 3.05) is 11.9 Å². The average molecular weight is 321 g/mol. The van der Waals surface area contributed by atoms with Gasteiger partial charge in [0.05, 0.1) is 18.0 Å². The Labute approximate surface area is 119 Å². The first-order valence-electron chi connectivity index (χ1n) is 5.85. The van der Waals surface area contributed by atoms with Crippen molar-refractivity contribution in [1.82, 2.24) is 4.98 Å². The summed E-state index contributed by atoms with van der Waals surface area (Å²) in [5, 5.41) is 2.66. The van der Waals surface area contributed by atoms with Crippen LogP contribution in [0.2, 0.25) is 0 Å². The minimum atomic E-state index is -0.464. The number of pyridine rings is 1. The fourth-order valence-electron chi connectivity index (χ4n) is 1.59. The highest BCUT2D eigenvalue weighted by Crippen LogP contribution is 2.28. The molecular formula is C14H13BrN2O2. The standard InChI is InChI=1S/C14H13BrN2O2/c1-2-19-14(18)17-13-7-6-10(9-11(13)15)12-5-3-4-8-16-12/h3-9H,2H2,1H3,(H,17,18). The van der Waals surface area contributed by atoms with Crippen LogP contribution in [-0.4, -0.2) is 17.7 Å². The number of carbonyl (C=O) groups is 1. The second-order valence-electron chi connectivity index (χ2n) is 3.76. The van der Waals surface area contributed by atoms with E-state index in [1.807, 2.05) is 36.4 Å². The van der Waals surface area contributed by atoms with E-state index in [1.54, 1.807) is 13.1 Å². The van der Waals surface area contributed by atoms with Gasteiger partial charge in [0.2, 0.25) is 0 Å². The lowest BCUT2D eigenvalue weighted by molar-refractivity contribution is 0.168. The molecule has 2 aromatic rings. The fourth-order valence-corrected chi connectivity index (χ4v) is 2.06.